The van der Waals surface area contributed by atoms with Crippen molar-refractivity contribution in [3.63, 3.8) is 0 Å². The van der Waals surface area contributed by atoms with E-state index in [-0.39, 0.29) is 42.2 Å². The number of nitrogens with two attached hydrogens (primary N) is 3. The summed E-state index contributed by atoms with van der Waals surface area (Å²) >= 11 is 0. The smallest absolute Gasteiger partial charge is 0.227 e. The predicted molar refractivity (Wildman–Crippen MR) is 161 cm³/mol. The number of carbonyl (C=O) groups is 4. The summed E-state index contributed by atoms with van der Waals surface area (Å²) in [6, 6.07) is 12.6. The molecule has 222 valence electrons. The summed E-state index contributed by atoms with van der Waals surface area (Å²) in [4.78, 5) is 58.2. The van der Waals surface area contributed by atoms with E-state index in [0.29, 0.717) is 51.7 Å². The van der Waals surface area contributed by atoms with Gasteiger partial charge in [-0.15, -0.1) is 0 Å². The number of amides is 2. The van der Waals surface area contributed by atoms with Gasteiger partial charge in [-0.25, -0.2) is 0 Å². The van der Waals surface area contributed by atoms with Crippen molar-refractivity contribution < 1.29 is 19.2 Å². The SMILES string of the molecule is CC(=O)[C@H](CCCN=C(N)N)NC(=O)[C@H](CCCCN)CC(=O)[C@@H]1CCCN1C(=O)Cc1cccc2ccccc12. The predicted octanol–water partition coefficient (Wildman–Crippen LogP) is 2.21. The van der Waals surface area contributed by atoms with Crippen molar-refractivity contribution in [3.05, 3.63) is 48.0 Å². The molecule has 0 spiro atoms. The standard InChI is InChI=1S/C31H44N6O4/c1-21(38)26(14-7-17-35-31(33)34)36-30(41)24(10-4-5-16-32)19-28(39)27-15-8-18-37(27)29(40)20-23-12-6-11-22-9-2-3-13-25(22)23/h2-3,6,9,11-13,24,26-27H,4-5,7-8,10,14-20,32H2,1H3,(H,36,41)(H4,33,34,35)/t24-,26+,27+/m1/s1. The molecule has 0 aliphatic carbocycles. The van der Waals surface area contributed by atoms with Crippen molar-refractivity contribution >= 4 is 40.1 Å². The zero-order valence-corrected chi connectivity index (χ0v) is 24.0. The lowest BCUT2D eigenvalue weighted by molar-refractivity contribution is -0.138. The maximum atomic E-state index is 13.6. The fraction of sp³-hybridized carbons (Fsp3) is 0.516. The van der Waals surface area contributed by atoms with E-state index in [9.17, 15) is 19.2 Å². The number of ketones is 2. The fourth-order valence-electron chi connectivity index (χ4n) is 5.52. The molecular weight excluding hydrogens is 520 g/mol. The number of fused-ring (bicyclic) bond motifs is 1. The van der Waals surface area contributed by atoms with Crippen LogP contribution in [0.3, 0.4) is 0 Å². The van der Waals surface area contributed by atoms with E-state index < -0.39 is 18.0 Å². The highest BCUT2D eigenvalue weighted by molar-refractivity contribution is 5.96. The highest BCUT2D eigenvalue weighted by Crippen LogP contribution is 2.26. The first kappa shape index (κ1) is 31.7. The van der Waals surface area contributed by atoms with Crippen molar-refractivity contribution in [2.75, 3.05) is 19.6 Å². The molecule has 0 radical (unpaired) electrons. The van der Waals surface area contributed by atoms with Crippen LogP contribution in [0.5, 0.6) is 0 Å². The maximum Gasteiger partial charge on any atom is 0.227 e. The quantitative estimate of drug-likeness (QED) is 0.137. The normalized spacial score (nSPS) is 16.2. The van der Waals surface area contributed by atoms with Crippen molar-refractivity contribution in [3.8, 4) is 0 Å². The molecule has 10 heteroatoms. The van der Waals surface area contributed by atoms with Gasteiger partial charge in [-0.1, -0.05) is 48.9 Å². The van der Waals surface area contributed by atoms with Crippen LogP contribution in [0.15, 0.2) is 47.5 Å². The van der Waals surface area contributed by atoms with Gasteiger partial charge in [0.15, 0.2) is 17.5 Å². The molecule has 7 N–H and O–H groups in total. The first-order chi connectivity index (χ1) is 19.7. The van der Waals surface area contributed by atoms with Crippen molar-refractivity contribution in [2.45, 2.75) is 76.8 Å². The third-order valence-corrected chi connectivity index (χ3v) is 7.74. The number of aliphatic imine (C=N–C) groups is 1. The van der Waals surface area contributed by atoms with Crippen LogP contribution in [-0.4, -0.2) is 66.0 Å². The van der Waals surface area contributed by atoms with E-state index in [1.165, 1.54) is 6.92 Å². The summed E-state index contributed by atoms with van der Waals surface area (Å²) in [5.74, 6) is -1.33. The van der Waals surface area contributed by atoms with Crippen LogP contribution in [0.25, 0.3) is 10.8 Å². The van der Waals surface area contributed by atoms with Crippen molar-refractivity contribution in [1.82, 2.24) is 10.2 Å². The van der Waals surface area contributed by atoms with Crippen LogP contribution in [-0.2, 0) is 25.6 Å². The first-order valence-electron chi connectivity index (χ1n) is 14.6. The highest BCUT2D eigenvalue weighted by Gasteiger charge is 2.36. The van der Waals surface area contributed by atoms with E-state index in [1.807, 2.05) is 42.5 Å². The van der Waals surface area contributed by atoms with Gasteiger partial charge in [-0.2, -0.15) is 0 Å². The van der Waals surface area contributed by atoms with Gasteiger partial charge in [0, 0.05) is 25.4 Å². The summed E-state index contributed by atoms with van der Waals surface area (Å²) in [5.41, 5.74) is 17.3. The summed E-state index contributed by atoms with van der Waals surface area (Å²) < 4.78 is 0. The summed E-state index contributed by atoms with van der Waals surface area (Å²) in [5, 5.41) is 4.94. The lowest BCUT2D eigenvalue weighted by atomic mass is 9.91. The van der Waals surface area contributed by atoms with Crippen molar-refractivity contribution in [1.29, 1.82) is 0 Å². The Morgan fingerprint density at radius 2 is 1.78 bits per heavy atom. The monoisotopic (exact) mass is 564 g/mol. The Morgan fingerprint density at radius 1 is 1.02 bits per heavy atom. The minimum absolute atomic E-state index is 0.0117. The van der Waals surface area contributed by atoms with Crippen LogP contribution < -0.4 is 22.5 Å². The zero-order valence-electron chi connectivity index (χ0n) is 24.0. The summed E-state index contributed by atoms with van der Waals surface area (Å²) in [7, 11) is 0. The molecule has 3 atom stereocenters. The number of rotatable bonds is 16. The molecule has 1 heterocycles. The first-order valence-corrected chi connectivity index (χ1v) is 14.6. The molecule has 41 heavy (non-hydrogen) atoms. The summed E-state index contributed by atoms with van der Waals surface area (Å²) in [6.45, 7) is 2.79. The number of Topliss-reactive ketones (excluding diaryl/α,β-unsaturated/α-hetero) is 2. The minimum Gasteiger partial charge on any atom is -0.370 e. The molecule has 0 unspecified atom stereocenters. The van der Waals surface area contributed by atoms with Crippen LogP contribution in [0.2, 0.25) is 0 Å². The molecule has 1 aliphatic rings. The molecule has 1 fully saturated rings. The Hall–Kier alpha value is -3.79. The molecule has 1 aliphatic heterocycles. The maximum absolute atomic E-state index is 13.6. The fourth-order valence-corrected chi connectivity index (χ4v) is 5.52. The Bertz CT molecular complexity index is 1240. The second-order valence-corrected chi connectivity index (χ2v) is 10.8. The van der Waals surface area contributed by atoms with Gasteiger partial charge in [-0.3, -0.25) is 24.2 Å². The van der Waals surface area contributed by atoms with Gasteiger partial charge in [0.25, 0.3) is 0 Å². The van der Waals surface area contributed by atoms with E-state index in [4.69, 9.17) is 17.2 Å². The molecule has 0 bridgehead atoms. The van der Waals surface area contributed by atoms with Crippen LogP contribution in [0.4, 0.5) is 0 Å². The lowest BCUT2D eigenvalue weighted by Crippen LogP contribution is -2.45. The van der Waals surface area contributed by atoms with Crippen molar-refractivity contribution in [2.24, 2.45) is 28.1 Å². The Labute approximate surface area is 242 Å². The van der Waals surface area contributed by atoms with Crippen LogP contribution in [0, 0.1) is 5.92 Å². The van der Waals surface area contributed by atoms with Gasteiger partial charge in [0.1, 0.15) is 0 Å². The Balaban J connectivity index is 1.67. The second kappa shape index (κ2) is 15.9. The average molecular weight is 565 g/mol. The summed E-state index contributed by atoms with van der Waals surface area (Å²) in [6.07, 6.45) is 4.35. The molecule has 10 nitrogen and oxygen atoms in total. The topological polar surface area (TPSA) is 174 Å². The molecule has 0 saturated carbocycles. The largest absolute Gasteiger partial charge is 0.370 e. The second-order valence-electron chi connectivity index (χ2n) is 10.8. The van der Waals surface area contributed by atoms with Gasteiger partial charge in [-0.05, 0) is 68.3 Å². The minimum atomic E-state index is -0.686. The third kappa shape index (κ3) is 9.38. The van der Waals surface area contributed by atoms with Gasteiger partial charge >= 0.3 is 0 Å². The number of hydrogen-bond acceptors (Lipinski definition) is 6. The van der Waals surface area contributed by atoms with Crippen LogP contribution >= 0.6 is 0 Å². The molecule has 2 aromatic rings. The number of hydrogen-bond donors (Lipinski definition) is 4. The van der Waals surface area contributed by atoms with E-state index in [1.54, 1.807) is 4.90 Å². The van der Waals surface area contributed by atoms with E-state index >= 15 is 0 Å². The third-order valence-electron chi connectivity index (χ3n) is 7.74. The van der Waals surface area contributed by atoms with Gasteiger partial charge < -0.3 is 27.4 Å². The number of unbranched alkanes of at least 4 members (excludes halogenated alkanes) is 1. The molecule has 2 amide bonds. The number of carbonyl (C=O) groups excluding carboxylic acids is 4. The van der Waals surface area contributed by atoms with E-state index in [0.717, 1.165) is 29.2 Å². The molecule has 1 saturated heterocycles. The van der Waals surface area contributed by atoms with Gasteiger partial charge in [0.05, 0.1) is 18.5 Å². The molecule has 3 rings (SSSR count). The number of likely N-dealkylation sites (tertiary alicyclic amines) is 1. The average Bonchev–Trinajstić information content (AvgIpc) is 3.44. The van der Waals surface area contributed by atoms with Crippen LogP contribution in [0.1, 0.15) is 63.9 Å². The molecule has 2 aromatic carbocycles. The molecule has 0 aromatic heterocycles. The molecular formula is C31H44N6O4. The van der Waals surface area contributed by atoms with Gasteiger partial charge in [0.2, 0.25) is 11.8 Å². The number of benzene rings is 2. The zero-order chi connectivity index (χ0) is 29.8. The number of nitrogens with zero attached hydrogens (tertiary/aromatic N) is 2. The highest BCUT2D eigenvalue weighted by atomic mass is 16.2. The lowest BCUT2D eigenvalue weighted by Gasteiger charge is -2.26. The number of nitrogens with one attached hydrogen (secondary N) is 1. The Morgan fingerprint density at radius 3 is 2.51 bits per heavy atom. The number of guanidine groups is 1. The van der Waals surface area contributed by atoms with E-state index in [2.05, 4.69) is 10.3 Å². The Kier molecular flexibility index (Phi) is 12.3.